The molecule has 1 fully saturated rings. The molecule has 1 unspecified atom stereocenters. The number of carbonyl (C=O) groups is 1. The quantitative estimate of drug-likeness (QED) is 0.612. The van der Waals surface area contributed by atoms with E-state index in [-0.39, 0.29) is 18.3 Å². The van der Waals surface area contributed by atoms with E-state index in [0.717, 1.165) is 17.9 Å². The molecule has 6 nitrogen and oxygen atoms in total. The zero-order valence-corrected chi connectivity index (χ0v) is 16.3. The van der Waals surface area contributed by atoms with Gasteiger partial charge in [-0.05, 0) is 42.0 Å². The van der Waals surface area contributed by atoms with Gasteiger partial charge in [-0.3, -0.25) is 9.69 Å². The highest BCUT2D eigenvalue weighted by Crippen LogP contribution is 2.24. The maximum Gasteiger partial charge on any atom is 0.304 e. The van der Waals surface area contributed by atoms with Crippen LogP contribution in [0.5, 0.6) is 11.5 Å². The number of rotatable bonds is 10. The van der Waals surface area contributed by atoms with Gasteiger partial charge in [-0.2, -0.15) is 0 Å². The minimum atomic E-state index is -0.780. The first kappa shape index (κ1) is 21.1. The molecule has 2 aromatic rings. The van der Waals surface area contributed by atoms with E-state index in [1.165, 1.54) is 12.1 Å². The zero-order chi connectivity index (χ0) is 20.5. The molecule has 1 N–H and O–H groups in total. The van der Waals surface area contributed by atoms with Gasteiger partial charge in [0.2, 0.25) is 0 Å². The Morgan fingerprint density at radius 2 is 1.69 bits per heavy atom. The third-order valence-corrected chi connectivity index (χ3v) is 4.68. The molecule has 1 aliphatic heterocycles. The molecule has 156 valence electrons. The lowest BCUT2D eigenvalue weighted by atomic mass is 10.1. The van der Waals surface area contributed by atoms with Crippen LogP contribution < -0.4 is 9.47 Å². The van der Waals surface area contributed by atoms with E-state index < -0.39 is 5.97 Å². The summed E-state index contributed by atoms with van der Waals surface area (Å²) < 4.78 is 29.9. The summed E-state index contributed by atoms with van der Waals surface area (Å²) in [4.78, 5) is 12.9. The number of benzene rings is 2. The highest BCUT2D eigenvalue weighted by atomic mass is 19.1. The Bertz CT molecular complexity index is 766. The molecule has 1 saturated heterocycles. The summed E-state index contributed by atoms with van der Waals surface area (Å²) in [6.07, 6.45) is 0.795. The van der Waals surface area contributed by atoms with Crippen LogP contribution in [0.15, 0.2) is 48.5 Å². The molecule has 1 atom stereocenters. The molecule has 0 aliphatic carbocycles. The second-order valence-electron chi connectivity index (χ2n) is 6.88. The van der Waals surface area contributed by atoms with E-state index in [1.807, 2.05) is 24.3 Å². The van der Waals surface area contributed by atoms with Gasteiger partial charge in [0.25, 0.3) is 0 Å². The molecule has 3 rings (SSSR count). The fourth-order valence-corrected chi connectivity index (χ4v) is 3.11. The van der Waals surface area contributed by atoms with Crippen molar-refractivity contribution in [2.45, 2.75) is 18.9 Å². The Morgan fingerprint density at radius 1 is 1.07 bits per heavy atom. The van der Waals surface area contributed by atoms with Gasteiger partial charge in [0, 0.05) is 26.1 Å². The lowest BCUT2D eigenvalue weighted by molar-refractivity contribution is -0.137. The van der Waals surface area contributed by atoms with Crippen LogP contribution in [0.3, 0.4) is 0 Å². The van der Waals surface area contributed by atoms with Gasteiger partial charge in [-0.15, -0.1) is 0 Å². The molecular formula is C22H26FNO5. The Hall–Kier alpha value is -2.64. The van der Waals surface area contributed by atoms with Crippen molar-refractivity contribution in [1.82, 2.24) is 4.90 Å². The Balaban J connectivity index is 1.38. The highest BCUT2D eigenvalue weighted by molar-refractivity contribution is 5.66. The summed E-state index contributed by atoms with van der Waals surface area (Å²) in [6.45, 7) is 3.58. The molecule has 0 aromatic heterocycles. The lowest BCUT2D eigenvalue weighted by Crippen LogP contribution is -2.39. The van der Waals surface area contributed by atoms with Crippen LogP contribution in [0, 0.1) is 5.82 Å². The van der Waals surface area contributed by atoms with E-state index in [2.05, 4.69) is 4.90 Å². The summed E-state index contributed by atoms with van der Waals surface area (Å²) >= 11 is 0. The predicted molar refractivity (Wildman–Crippen MR) is 106 cm³/mol. The molecule has 0 saturated carbocycles. The Kier molecular flexibility index (Phi) is 7.84. The summed E-state index contributed by atoms with van der Waals surface area (Å²) in [5.74, 6) is 0.350. The average molecular weight is 403 g/mol. The van der Waals surface area contributed by atoms with E-state index in [0.29, 0.717) is 45.1 Å². The number of hydrogen-bond donors (Lipinski definition) is 1. The normalized spacial score (nSPS) is 17.1. The Morgan fingerprint density at radius 3 is 2.31 bits per heavy atom. The fraction of sp³-hybridized carbons (Fsp3) is 0.409. The van der Waals surface area contributed by atoms with Gasteiger partial charge < -0.3 is 19.3 Å². The van der Waals surface area contributed by atoms with Gasteiger partial charge in [0.1, 0.15) is 17.3 Å². The summed E-state index contributed by atoms with van der Waals surface area (Å²) in [7, 11) is 0. The molecule has 7 heteroatoms. The SMILES string of the molecule is O=C(O)CCN1CCOC(c2ccc(OCCCOc3ccc(F)cc3)cc2)C1. The summed E-state index contributed by atoms with van der Waals surface area (Å²) in [5, 5.41) is 8.84. The predicted octanol–water partition coefficient (Wildman–Crippen LogP) is 3.52. The number of carboxylic acid groups (broad SMARTS) is 1. The molecule has 29 heavy (non-hydrogen) atoms. The van der Waals surface area contributed by atoms with E-state index in [9.17, 15) is 9.18 Å². The molecule has 0 amide bonds. The molecule has 1 heterocycles. The van der Waals surface area contributed by atoms with Crippen molar-refractivity contribution < 1.29 is 28.5 Å². The maximum atomic E-state index is 12.8. The molecule has 0 bridgehead atoms. The molecular weight excluding hydrogens is 377 g/mol. The first-order chi connectivity index (χ1) is 14.1. The number of nitrogens with zero attached hydrogens (tertiary/aromatic N) is 1. The number of halogens is 1. The number of carboxylic acids is 1. The number of ether oxygens (including phenoxy) is 3. The van der Waals surface area contributed by atoms with E-state index in [4.69, 9.17) is 19.3 Å². The van der Waals surface area contributed by atoms with Crippen molar-refractivity contribution in [3.05, 3.63) is 59.9 Å². The van der Waals surface area contributed by atoms with Gasteiger partial charge in [-0.1, -0.05) is 12.1 Å². The Labute approximate surface area is 169 Å². The van der Waals surface area contributed by atoms with Crippen LogP contribution in [0.4, 0.5) is 4.39 Å². The van der Waals surface area contributed by atoms with Crippen molar-refractivity contribution >= 4 is 5.97 Å². The standard InChI is InChI=1S/C22H26FNO5/c23-18-4-8-20(9-5-18)28-14-1-13-27-19-6-2-17(3-7-19)21-16-24(12-15-29-21)11-10-22(25)26/h2-9,21H,1,10-16H2,(H,25,26). The first-order valence-electron chi connectivity index (χ1n) is 9.77. The summed E-state index contributed by atoms with van der Waals surface area (Å²) in [5.41, 5.74) is 1.05. The van der Waals surface area contributed by atoms with Crippen molar-refractivity contribution in [2.24, 2.45) is 0 Å². The van der Waals surface area contributed by atoms with E-state index in [1.54, 1.807) is 12.1 Å². The van der Waals surface area contributed by atoms with Gasteiger partial charge in [0.15, 0.2) is 0 Å². The van der Waals surface area contributed by atoms with Crippen LogP contribution in [-0.4, -0.2) is 55.4 Å². The minimum absolute atomic E-state index is 0.0595. The van der Waals surface area contributed by atoms with Crippen LogP contribution in [-0.2, 0) is 9.53 Å². The second-order valence-corrected chi connectivity index (χ2v) is 6.88. The number of aliphatic carboxylic acids is 1. The number of morpholine rings is 1. The fourth-order valence-electron chi connectivity index (χ4n) is 3.11. The second kappa shape index (κ2) is 10.8. The average Bonchev–Trinajstić information content (AvgIpc) is 2.74. The van der Waals surface area contributed by atoms with Crippen molar-refractivity contribution in [2.75, 3.05) is 39.5 Å². The van der Waals surface area contributed by atoms with Crippen molar-refractivity contribution in [1.29, 1.82) is 0 Å². The monoisotopic (exact) mass is 403 g/mol. The third kappa shape index (κ3) is 7.03. The smallest absolute Gasteiger partial charge is 0.304 e. The molecule has 2 aromatic carbocycles. The maximum absolute atomic E-state index is 12.8. The first-order valence-corrected chi connectivity index (χ1v) is 9.77. The van der Waals surface area contributed by atoms with Crippen molar-refractivity contribution in [3.8, 4) is 11.5 Å². The summed E-state index contributed by atoms with van der Waals surface area (Å²) in [6, 6.07) is 13.7. The third-order valence-electron chi connectivity index (χ3n) is 4.68. The van der Waals surface area contributed by atoms with Crippen LogP contribution in [0.25, 0.3) is 0 Å². The van der Waals surface area contributed by atoms with E-state index >= 15 is 0 Å². The van der Waals surface area contributed by atoms with Crippen LogP contribution in [0.2, 0.25) is 0 Å². The molecule has 1 aliphatic rings. The number of hydrogen-bond acceptors (Lipinski definition) is 5. The highest BCUT2D eigenvalue weighted by Gasteiger charge is 2.22. The zero-order valence-electron chi connectivity index (χ0n) is 16.3. The van der Waals surface area contributed by atoms with Crippen LogP contribution in [0.1, 0.15) is 24.5 Å². The topological polar surface area (TPSA) is 68.2 Å². The van der Waals surface area contributed by atoms with Gasteiger partial charge in [-0.25, -0.2) is 4.39 Å². The van der Waals surface area contributed by atoms with Crippen LogP contribution >= 0.6 is 0 Å². The minimum Gasteiger partial charge on any atom is -0.493 e. The van der Waals surface area contributed by atoms with Gasteiger partial charge >= 0.3 is 5.97 Å². The molecule has 0 radical (unpaired) electrons. The molecule has 0 spiro atoms. The lowest BCUT2D eigenvalue weighted by Gasteiger charge is -2.32. The van der Waals surface area contributed by atoms with Gasteiger partial charge in [0.05, 0.1) is 32.3 Å². The van der Waals surface area contributed by atoms with Crippen molar-refractivity contribution in [3.63, 3.8) is 0 Å². The largest absolute Gasteiger partial charge is 0.493 e.